The highest BCUT2D eigenvalue weighted by Crippen LogP contribution is 2.41. The van der Waals surface area contributed by atoms with E-state index < -0.39 is 0 Å². The summed E-state index contributed by atoms with van der Waals surface area (Å²) in [6.45, 7) is 0.999. The lowest BCUT2D eigenvalue weighted by Crippen LogP contribution is -2.30. The second-order valence-corrected chi connectivity index (χ2v) is 6.61. The summed E-state index contributed by atoms with van der Waals surface area (Å²) in [5.74, 6) is 2.59. The summed E-state index contributed by atoms with van der Waals surface area (Å²) in [4.78, 5) is 19.2. The molecule has 1 aliphatic carbocycles. The topological polar surface area (TPSA) is 64.8 Å². The monoisotopic (exact) mass is 326 g/mol. The van der Waals surface area contributed by atoms with E-state index in [-0.39, 0.29) is 18.7 Å². The van der Waals surface area contributed by atoms with E-state index in [2.05, 4.69) is 4.98 Å². The first kappa shape index (κ1) is 13.9. The van der Waals surface area contributed by atoms with Crippen LogP contribution in [0.2, 0.25) is 0 Å². The normalized spacial score (nSPS) is 22.2. The van der Waals surface area contributed by atoms with Gasteiger partial charge in [0.1, 0.15) is 6.26 Å². The lowest BCUT2D eigenvalue weighted by Gasteiger charge is -2.24. The number of aromatic nitrogens is 1. The van der Waals surface area contributed by atoms with E-state index >= 15 is 0 Å². The minimum atomic E-state index is -0.0502. The third-order valence-electron chi connectivity index (χ3n) is 4.96. The van der Waals surface area contributed by atoms with Crippen LogP contribution in [-0.4, -0.2) is 29.1 Å². The van der Waals surface area contributed by atoms with E-state index in [0.29, 0.717) is 17.5 Å². The Morgan fingerprint density at radius 3 is 2.92 bits per heavy atom. The zero-order valence-electron chi connectivity index (χ0n) is 13.2. The Kier molecular flexibility index (Phi) is 3.04. The van der Waals surface area contributed by atoms with Gasteiger partial charge in [-0.3, -0.25) is 4.79 Å². The quantitative estimate of drug-likeness (QED) is 0.866. The van der Waals surface area contributed by atoms with Gasteiger partial charge in [0.05, 0.1) is 6.04 Å². The number of benzene rings is 1. The molecule has 1 atom stereocenters. The van der Waals surface area contributed by atoms with Crippen molar-refractivity contribution in [2.24, 2.45) is 0 Å². The fourth-order valence-electron chi connectivity index (χ4n) is 3.53. The molecule has 2 aromatic rings. The smallest absolute Gasteiger partial charge is 0.276 e. The Labute approximate surface area is 139 Å². The lowest BCUT2D eigenvalue weighted by atomic mass is 10.0. The highest BCUT2D eigenvalue weighted by molar-refractivity contribution is 5.92. The van der Waals surface area contributed by atoms with Crippen LogP contribution in [0.5, 0.6) is 11.5 Å². The molecule has 0 spiro atoms. The van der Waals surface area contributed by atoms with E-state index in [1.54, 1.807) is 0 Å². The van der Waals surface area contributed by atoms with Crippen molar-refractivity contribution in [3.05, 3.63) is 41.6 Å². The molecule has 2 aliphatic heterocycles. The van der Waals surface area contributed by atoms with Crippen LogP contribution in [0, 0.1) is 0 Å². The van der Waals surface area contributed by atoms with Crippen molar-refractivity contribution in [3.8, 4) is 11.5 Å². The van der Waals surface area contributed by atoms with E-state index in [0.717, 1.165) is 49.3 Å². The lowest BCUT2D eigenvalue weighted by molar-refractivity contribution is 0.0729. The number of hydrogen-bond acceptors (Lipinski definition) is 5. The van der Waals surface area contributed by atoms with Crippen LogP contribution in [0.15, 0.2) is 28.9 Å². The second kappa shape index (κ2) is 5.26. The van der Waals surface area contributed by atoms with Gasteiger partial charge in [-0.15, -0.1) is 0 Å². The first-order valence-electron chi connectivity index (χ1n) is 8.45. The molecule has 1 amide bonds. The molecule has 124 valence electrons. The molecule has 6 heteroatoms. The van der Waals surface area contributed by atoms with Gasteiger partial charge in [0.25, 0.3) is 5.91 Å². The molecule has 1 saturated heterocycles. The molecule has 24 heavy (non-hydrogen) atoms. The minimum absolute atomic E-state index is 0.0491. The predicted octanol–water partition coefficient (Wildman–Crippen LogP) is 3.26. The largest absolute Gasteiger partial charge is 0.454 e. The molecule has 0 bridgehead atoms. The molecule has 0 N–H and O–H groups in total. The van der Waals surface area contributed by atoms with Gasteiger partial charge < -0.3 is 18.8 Å². The molecular weight excluding hydrogens is 308 g/mol. The fourth-order valence-corrected chi connectivity index (χ4v) is 3.53. The van der Waals surface area contributed by atoms with Crippen molar-refractivity contribution >= 4 is 5.91 Å². The molecule has 1 aromatic heterocycles. The number of carbonyl (C=O) groups excluding carboxylic acids is 1. The van der Waals surface area contributed by atoms with Crippen molar-refractivity contribution in [2.45, 2.75) is 37.6 Å². The fraction of sp³-hybridized carbons (Fsp3) is 0.444. The van der Waals surface area contributed by atoms with Gasteiger partial charge >= 0.3 is 0 Å². The van der Waals surface area contributed by atoms with Crippen molar-refractivity contribution in [2.75, 3.05) is 13.3 Å². The number of oxazole rings is 1. The molecule has 1 saturated carbocycles. The van der Waals surface area contributed by atoms with Gasteiger partial charge in [0.15, 0.2) is 23.1 Å². The molecular formula is C18H18N2O4. The summed E-state index contributed by atoms with van der Waals surface area (Å²) in [6, 6.07) is 5.96. The summed E-state index contributed by atoms with van der Waals surface area (Å²) < 4.78 is 16.3. The number of likely N-dealkylation sites (tertiary alicyclic amines) is 1. The summed E-state index contributed by atoms with van der Waals surface area (Å²) >= 11 is 0. The van der Waals surface area contributed by atoms with Gasteiger partial charge in [0, 0.05) is 12.5 Å². The van der Waals surface area contributed by atoms with Crippen molar-refractivity contribution in [1.29, 1.82) is 0 Å². The number of fused-ring (bicyclic) bond motifs is 1. The van der Waals surface area contributed by atoms with Gasteiger partial charge in [0.2, 0.25) is 6.79 Å². The van der Waals surface area contributed by atoms with Crippen LogP contribution in [-0.2, 0) is 0 Å². The zero-order valence-corrected chi connectivity index (χ0v) is 13.2. The highest BCUT2D eigenvalue weighted by Gasteiger charge is 2.34. The maximum absolute atomic E-state index is 12.9. The summed E-state index contributed by atoms with van der Waals surface area (Å²) in [5, 5.41) is 0. The van der Waals surface area contributed by atoms with Gasteiger partial charge in [-0.05, 0) is 43.4 Å². The molecule has 1 aromatic carbocycles. The number of rotatable bonds is 3. The maximum atomic E-state index is 12.9. The van der Waals surface area contributed by atoms with Crippen molar-refractivity contribution in [3.63, 3.8) is 0 Å². The van der Waals surface area contributed by atoms with Crippen LogP contribution in [0.3, 0.4) is 0 Å². The summed E-state index contributed by atoms with van der Waals surface area (Å²) in [6.07, 6.45) is 5.65. The molecule has 3 aliphatic rings. The molecule has 6 nitrogen and oxygen atoms in total. The van der Waals surface area contributed by atoms with E-state index in [4.69, 9.17) is 13.9 Å². The van der Waals surface area contributed by atoms with E-state index in [9.17, 15) is 4.79 Å². The average Bonchev–Trinajstić information content (AvgIpc) is 3.07. The van der Waals surface area contributed by atoms with Gasteiger partial charge in [-0.1, -0.05) is 6.07 Å². The predicted molar refractivity (Wildman–Crippen MR) is 84.1 cm³/mol. The Hall–Kier alpha value is -2.50. The highest BCUT2D eigenvalue weighted by atomic mass is 16.7. The Balaban J connectivity index is 1.40. The van der Waals surface area contributed by atoms with Crippen molar-refractivity contribution in [1.82, 2.24) is 9.88 Å². The van der Waals surface area contributed by atoms with Crippen LogP contribution in [0.1, 0.15) is 59.6 Å². The minimum Gasteiger partial charge on any atom is -0.454 e. The second-order valence-electron chi connectivity index (χ2n) is 6.61. The molecule has 0 radical (unpaired) electrons. The van der Waals surface area contributed by atoms with E-state index in [1.165, 1.54) is 6.26 Å². The SMILES string of the molecule is O=C(c1coc(C2CC2)n1)N1CCCC1c1ccc2c(c1)OCO2. The summed E-state index contributed by atoms with van der Waals surface area (Å²) in [7, 11) is 0. The molecule has 3 heterocycles. The summed E-state index contributed by atoms with van der Waals surface area (Å²) in [5.41, 5.74) is 1.50. The Bertz CT molecular complexity index is 796. The average molecular weight is 326 g/mol. The van der Waals surface area contributed by atoms with Gasteiger partial charge in [-0.2, -0.15) is 0 Å². The first-order valence-corrected chi connectivity index (χ1v) is 8.45. The Morgan fingerprint density at radius 2 is 2.04 bits per heavy atom. The number of hydrogen-bond donors (Lipinski definition) is 0. The van der Waals surface area contributed by atoms with Crippen LogP contribution in [0.25, 0.3) is 0 Å². The number of nitrogens with zero attached hydrogens (tertiary/aromatic N) is 2. The van der Waals surface area contributed by atoms with Crippen LogP contribution in [0.4, 0.5) is 0 Å². The van der Waals surface area contributed by atoms with Crippen LogP contribution >= 0.6 is 0 Å². The number of carbonyl (C=O) groups is 1. The maximum Gasteiger partial charge on any atom is 0.276 e. The first-order chi connectivity index (χ1) is 11.8. The number of ether oxygens (including phenoxy) is 2. The van der Waals surface area contributed by atoms with Crippen LogP contribution < -0.4 is 9.47 Å². The molecule has 5 rings (SSSR count). The molecule has 1 unspecified atom stereocenters. The third-order valence-corrected chi connectivity index (χ3v) is 4.96. The van der Waals surface area contributed by atoms with E-state index in [1.807, 2.05) is 23.1 Å². The van der Waals surface area contributed by atoms with Crippen molar-refractivity contribution < 1.29 is 18.7 Å². The number of amides is 1. The zero-order chi connectivity index (χ0) is 16.1. The standard InChI is InChI=1S/C18H18N2O4/c21-18(13-9-22-17(19-13)11-3-4-11)20-7-1-2-14(20)12-5-6-15-16(8-12)24-10-23-15/h5-6,8-9,11,14H,1-4,7,10H2. The molecule has 2 fully saturated rings. The third kappa shape index (κ3) is 2.25. The Morgan fingerprint density at radius 1 is 1.17 bits per heavy atom. The van der Waals surface area contributed by atoms with Gasteiger partial charge in [-0.25, -0.2) is 4.98 Å².